The van der Waals surface area contributed by atoms with Crippen molar-refractivity contribution in [1.82, 2.24) is 0 Å². The monoisotopic (exact) mass is 565 g/mol. The van der Waals surface area contributed by atoms with E-state index in [-0.39, 0.29) is 44.0 Å². The summed E-state index contributed by atoms with van der Waals surface area (Å²) in [5.41, 5.74) is 6.63. The third-order valence-electron chi connectivity index (χ3n) is 5.74. The summed E-state index contributed by atoms with van der Waals surface area (Å²) in [7, 11) is 0. The molecule has 0 unspecified atom stereocenters. The van der Waals surface area contributed by atoms with Crippen molar-refractivity contribution in [3.8, 4) is 11.5 Å². The minimum atomic E-state index is -1.03. The minimum absolute atomic E-state index is 0.0729. The van der Waals surface area contributed by atoms with Crippen molar-refractivity contribution in [2.75, 3.05) is 13.2 Å². The van der Waals surface area contributed by atoms with E-state index >= 15 is 0 Å². The molecule has 0 amide bonds. The number of carbonyl (C=O) groups is 4. The Morgan fingerprint density at radius 1 is 0.750 bits per heavy atom. The zero-order valence-corrected chi connectivity index (χ0v) is 25.0. The van der Waals surface area contributed by atoms with Gasteiger partial charge in [-0.05, 0) is 68.1 Å². The van der Waals surface area contributed by atoms with E-state index in [0.29, 0.717) is 42.6 Å². The van der Waals surface area contributed by atoms with Gasteiger partial charge in [-0.1, -0.05) is 47.6 Å². The first-order chi connectivity index (χ1) is 18.8. The number of ether oxygens (including phenoxy) is 5. The van der Waals surface area contributed by atoms with Gasteiger partial charge in [0, 0.05) is 12.8 Å². The molecule has 0 bridgehead atoms. The fraction of sp³-hybridized carbons (Fsp3) is 0.667. The summed E-state index contributed by atoms with van der Waals surface area (Å²) in [4.78, 5) is 48.9. The second kappa shape index (κ2) is 18.3. The summed E-state index contributed by atoms with van der Waals surface area (Å²) >= 11 is 0. The number of esters is 3. The lowest BCUT2D eigenvalue weighted by Crippen LogP contribution is -2.36. The van der Waals surface area contributed by atoms with Crippen molar-refractivity contribution in [3.05, 3.63) is 23.8 Å². The summed E-state index contributed by atoms with van der Waals surface area (Å²) < 4.78 is 26.3. The van der Waals surface area contributed by atoms with Crippen LogP contribution in [0.4, 0.5) is 4.79 Å². The number of rotatable bonds is 17. The first-order valence-corrected chi connectivity index (χ1v) is 14.1. The van der Waals surface area contributed by atoms with Gasteiger partial charge in [0.25, 0.3) is 0 Å². The predicted molar refractivity (Wildman–Crippen MR) is 150 cm³/mol. The molecule has 0 saturated carbocycles. The Hall–Kier alpha value is -3.14. The van der Waals surface area contributed by atoms with Crippen LogP contribution in [0.2, 0.25) is 0 Å². The molecular formula is C30H47NO9. The third kappa shape index (κ3) is 15.5. The maximum atomic E-state index is 12.5. The van der Waals surface area contributed by atoms with E-state index < -0.39 is 36.2 Å². The number of nitrogens with two attached hydrogens (primary N) is 1. The van der Waals surface area contributed by atoms with Crippen molar-refractivity contribution in [3.63, 3.8) is 0 Å². The van der Waals surface area contributed by atoms with Crippen LogP contribution < -0.4 is 15.2 Å². The molecule has 0 aliphatic rings. The van der Waals surface area contributed by atoms with E-state index in [1.165, 1.54) is 12.1 Å². The number of carbonyl (C=O) groups excluding carboxylic acids is 4. The van der Waals surface area contributed by atoms with E-state index in [0.717, 1.165) is 0 Å². The standard InChI is InChI=1S/C30H47NO9/c1-19(2)8-12-27(32)39-25-11-10-23(17-26(25)40-28(33)13-9-20(3)4)16-24(31)29(34)37-18-22(7)38-30(35)36-15-14-21(5)6/h10-11,17,19-22,24H,8-9,12-16,18,31H2,1-7H3/t22-,24-/m0/s1. The number of hydrogen-bond acceptors (Lipinski definition) is 10. The molecule has 0 aliphatic carbocycles. The molecule has 1 rings (SSSR count). The maximum absolute atomic E-state index is 12.5. The molecule has 0 radical (unpaired) electrons. The van der Waals surface area contributed by atoms with Crippen molar-refractivity contribution in [2.24, 2.45) is 23.5 Å². The molecule has 0 spiro atoms. The lowest BCUT2D eigenvalue weighted by Gasteiger charge is -2.17. The molecule has 40 heavy (non-hydrogen) atoms. The molecule has 0 saturated heterocycles. The van der Waals surface area contributed by atoms with Gasteiger partial charge in [0.15, 0.2) is 11.5 Å². The van der Waals surface area contributed by atoms with Crippen molar-refractivity contribution >= 4 is 24.1 Å². The van der Waals surface area contributed by atoms with Crippen LogP contribution in [0.15, 0.2) is 18.2 Å². The highest BCUT2D eigenvalue weighted by Gasteiger charge is 2.21. The Labute approximate surface area is 238 Å². The second-order valence-electron chi connectivity index (χ2n) is 11.2. The van der Waals surface area contributed by atoms with E-state index in [1.807, 2.05) is 41.5 Å². The quantitative estimate of drug-likeness (QED) is 0.194. The largest absolute Gasteiger partial charge is 0.508 e. The molecule has 2 atom stereocenters. The molecule has 0 aliphatic heterocycles. The van der Waals surface area contributed by atoms with Gasteiger partial charge in [0.2, 0.25) is 0 Å². The summed E-state index contributed by atoms with van der Waals surface area (Å²) in [5.74, 6) is -0.319. The first kappa shape index (κ1) is 34.9. The van der Waals surface area contributed by atoms with Crippen molar-refractivity contribution in [2.45, 2.75) is 99.1 Å². The van der Waals surface area contributed by atoms with Gasteiger partial charge in [-0.25, -0.2) is 4.79 Å². The van der Waals surface area contributed by atoms with Crippen LogP contribution in [0.1, 0.15) is 86.1 Å². The van der Waals surface area contributed by atoms with E-state index in [9.17, 15) is 19.2 Å². The first-order valence-electron chi connectivity index (χ1n) is 14.1. The average Bonchev–Trinajstić information content (AvgIpc) is 2.86. The van der Waals surface area contributed by atoms with Crippen molar-refractivity contribution in [1.29, 1.82) is 0 Å². The normalized spacial score (nSPS) is 12.7. The Morgan fingerprint density at radius 3 is 1.85 bits per heavy atom. The Bertz CT molecular complexity index is 958. The highest BCUT2D eigenvalue weighted by Crippen LogP contribution is 2.30. The molecule has 0 fully saturated rings. The van der Waals surface area contributed by atoms with Crippen LogP contribution in [-0.4, -0.2) is 49.4 Å². The number of hydrogen-bond donors (Lipinski definition) is 1. The third-order valence-corrected chi connectivity index (χ3v) is 5.74. The summed E-state index contributed by atoms with van der Waals surface area (Å²) in [6, 6.07) is 3.66. The smallest absolute Gasteiger partial charge is 0.461 e. The van der Waals surface area contributed by atoms with Gasteiger partial charge < -0.3 is 29.4 Å². The molecule has 10 nitrogen and oxygen atoms in total. The lowest BCUT2D eigenvalue weighted by molar-refractivity contribution is -0.148. The molecular weight excluding hydrogens is 518 g/mol. The summed E-state index contributed by atoms with van der Waals surface area (Å²) in [6.45, 7) is 13.7. The SMILES string of the molecule is CC(C)CCOC(=O)O[C@@H](C)COC(=O)[C@@H](N)Cc1ccc(OC(=O)CCC(C)C)c(OC(=O)CCC(C)C)c1. The zero-order valence-electron chi connectivity index (χ0n) is 25.0. The molecule has 0 aromatic heterocycles. The van der Waals surface area contributed by atoms with Crippen LogP contribution >= 0.6 is 0 Å². The highest BCUT2D eigenvalue weighted by molar-refractivity contribution is 5.77. The fourth-order valence-corrected chi connectivity index (χ4v) is 3.26. The topological polar surface area (TPSA) is 140 Å². The summed E-state index contributed by atoms with van der Waals surface area (Å²) in [5, 5.41) is 0. The van der Waals surface area contributed by atoms with Gasteiger partial charge in [-0.15, -0.1) is 0 Å². The molecule has 1 aromatic rings. The van der Waals surface area contributed by atoms with E-state index in [1.54, 1.807) is 13.0 Å². The molecule has 1 aromatic carbocycles. The Balaban J connectivity index is 2.78. The van der Waals surface area contributed by atoms with Crippen LogP contribution in [0.5, 0.6) is 11.5 Å². The van der Waals surface area contributed by atoms with E-state index in [2.05, 4.69) is 0 Å². The van der Waals surface area contributed by atoms with Gasteiger partial charge in [0.1, 0.15) is 18.8 Å². The molecule has 0 heterocycles. The van der Waals surface area contributed by atoms with Crippen LogP contribution in [0, 0.1) is 17.8 Å². The lowest BCUT2D eigenvalue weighted by atomic mass is 10.1. The summed E-state index contributed by atoms with van der Waals surface area (Å²) in [6.07, 6.45) is 1.00. The van der Waals surface area contributed by atoms with Gasteiger partial charge >= 0.3 is 24.1 Å². The number of benzene rings is 1. The van der Waals surface area contributed by atoms with Gasteiger partial charge in [0.05, 0.1) is 6.61 Å². The maximum Gasteiger partial charge on any atom is 0.508 e. The molecule has 10 heteroatoms. The average molecular weight is 566 g/mol. The van der Waals surface area contributed by atoms with E-state index in [4.69, 9.17) is 29.4 Å². The minimum Gasteiger partial charge on any atom is -0.461 e. The van der Waals surface area contributed by atoms with Gasteiger partial charge in [-0.2, -0.15) is 0 Å². The molecule has 2 N–H and O–H groups in total. The van der Waals surface area contributed by atoms with Gasteiger partial charge in [-0.3, -0.25) is 14.4 Å². The highest BCUT2D eigenvalue weighted by atomic mass is 16.7. The zero-order chi connectivity index (χ0) is 30.2. The van der Waals surface area contributed by atoms with Crippen molar-refractivity contribution < 1.29 is 42.9 Å². The van der Waals surface area contributed by atoms with Crippen LogP contribution in [-0.2, 0) is 35.0 Å². The second-order valence-corrected chi connectivity index (χ2v) is 11.2. The Kier molecular flexibility index (Phi) is 15.9. The Morgan fingerprint density at radius 2 is 1.30 bits per heavy atom. The molecule has 226 valence electrons. The fourth-order valence-electron chi connectivity index (χ4n) is 3.26. The van der Waals surface area contributed by atoms with Crippen LogP contribution in [0.25, 0.3) is 0 Å². The van der Waals surface area contributed by atoms with Crippen LogP contribution in [0.3, 0.4) is 0 Å². The predicted octanol–water partition coefficient (Wildman–Crippen LogP) is 5.37.